The molecule has 0 bridgehead atoms. The van der Waals surface area contributed by atoms with Crippen molar-refractivity contribution in [2.24, 2.45) is 16.5 Å². The second-order valence-electron chi connectivity index (χ2n) is 1.09. The summed E-state index contributed by atoms with van der Waals surface area (Å²) in [5, 5.41) is 0. The van der Waals surface area contributed by atoms with Crippen molar-refractivity contribution < 1.29 is 0 Å². The summed E-state index contributed by atoms with van der Waals surface area (Å²) in [5.41, 5.74) is 10.8. The molecule has 3 heteroatoms. The van der Waals surface area contributed by atoms with E-state index in [-0.39, 0.29) is 0 Å². The molecule has 0 saturated carbocycles. The van der Waals surface area contributed by atoms with Crippen LogP contribution in [0.3, 0.4) is 0 Å². The third-order valence-corrected chi connectivity index (χ3v) is 0.493. The van der Waals surface area contributed by atoms with E-state index in [1.807, 2.05) is 0 Å². The second-order valence-corrected chi connectivity index (χ2v) is 1.09. The number of aliphatic imine (C=N–C) groups is 1. The molecule has 7 heavy (non-hydrogen) atoms. The van der Waals surface area contributed by atoms with E-state index in [1.54, 1.807) is 0 Å². The highest BCUT2D eigenvalue weighted by Gasteiger charge is 1.76. The summed E-state index contributed by atoms with van der Waals surface area (Å²) >= 11 is 0. The first-order valence-corrected chi connectivity index (χ1v) is 1.91. The van der Waals surface area contributed by atoms with Crippen LogP contribution in [0.25, 0.3) is 0 Å². The predicted octanol–water partition coefficient (Wildman–Crippen LogP) is -0.554. The van der Waals surface area contributed by atoms with Crippen LogP contribution in [0.1, 0.15) is 0 Å². The van der Waals surface area contributed by atoms with Gasteiger partial charge in [-0.25, -0.2) is 0 Å². The van der Waals surface area contributed by atoms with Crippen molar-refractivity contribution in [2.75, 3.05) is 6.54 Å². The Hall–Kier alpha value is -0.830. The van der Waals surface area contributed by atoms with E-state index in [0.717, 1.165) is 0 Å². The van der Waals surface area contributed by atoms with Gasteiger partial charge < -0.3 is 11.5 Å². The van der Waals surface area contributed by atoms with Crippen molar-refractivity contribution in [1.82, 2.24) is 0 Å². The molecule has 4 N–H and O–H groups in total. The van der Waals surface area contributed by atoms with Gasteiger partial charge in [-0.1, -0.05) is 0 Å². The maximum Gasteiger partial charge on any atom is 0.0461 e. The fraction of sp³-hybridized carbons (Fsp3) is 0.250. The molecule has 0 atom stereocenters. The highest BCUT2D eigenvalue weighted by atomic mass is 14.7. The standard InChI is InChI=1S/C4H9N3/c1-7-3-4(6)2-5/h3H,1-2,5-6H2/b4-3-. The van der Waals surface area contributed by atoms with Crippen LogP contribution in [0, 0.1) is 0 Å². The molecule has 0 aliphatic carbocycles. The van der Waals surface area contributed by atoms with E-state index in [9.17, 15) is 0 Å². The summed E-state index contributed by atoms with van der Waals surface area (Å²) in [5.74, 6) is 0. The molecule has 0 saturated heterocycles. The van der Waals surface area contributed by atoms with Crippen molar-refractivity contribution in [3.8, 4) is 0 Å². The second kappa shape index (κ2) is 3.36. The summed E-state index contributed by atoms with van der Waals surface area (Å²) in [7, 11) is 0. The fourth-order valence-corrected chi connectivity index (χ4v) is 0.170. The van der Waals surface area contributed by atoms with Crippen LogP contribution < -0.4 is 11.5 Å². The van der Waals surface area contributed by atoms with Gasteiger partial charge in [0.1, 0.15) is 0 Å². The van der Waals surface area contributed by atoms with E-state index in [2.05, 4.69) is 11.7 Å². The Labute approximate surface area is 42.7 Å². The minimum absolute atomic E-state index is 0.346. The van der Waals surface area contributed by atoms with Crippen molar-refractivity contribution in [1.29, 1.82) is 0 Å². The van der Waals surface area contributed by atoms with Crippen LogP contribution in [-0.4, -0.2) is 13.3 Å². The molecule has 0 amide bonds. The summed E-state index contributed by atoms with van der Waals surface area (Å²) in [6.07, 6.45) is 1.43. The zero-order valence-electron chi connectivity index (χ0n) is 4.09. The van der Waals surface area contributed by atoms with Gasteiger partial charge >= 0.3 is 0 Å². The molecule has 0 aliphatic heterocycles. The lowest BCUT2D eigenvalue weighted by atomic mass is 10.5. The molecule has 0 aromatic heterocycles. The SMILES string of the molecule is C=N/C=C(\N)CN. The lowest BCUT2D eigenvalue weighted by Crippen LogP contribution is -2.10. The van der Waals surface area contributed by atoms with Crippen LogP contribution in [0.5, 0.6) is 0 Å². The Kier molecular flexibility index (Phi) is 2.96. The Balaban J connectivity index is 3.49. The van der Waals surface area contributed by atoms with E-state index < -0.39 is 0 Å². The molecular formula is C4H9N3. The molecular weight excluding hydrogens is 90.1 g/mol. The average molecular weight is 99.1 g/mol. The van der Waals surface area contributed by atoms with Crippen molar-refractivity contribution in [2.45, 2.75) is 0 Å². The van der Waals surface area contributed by atoms with Crippen LogP contribution in [0.4, 0.5) is 0 Å². The fourth-order valence-electron chi connectivity index (χ4n) is 0.170. The summed E-state index contributed by atoms with van der Waals surface area (Å²) in [6, 6.07) is 0. The molecule has 0 aromatic rings. The highest BCUT2D eigenvalue weighted by Crippen LogP contribution is 1.75. The van der Waals surface area contributed by atoms with Crippen LogP contribution >= 0.6 is 0 Å². The van der Waals surface area contributed by atoms with Gasteiger partial charge in [0.05, 0.1) is 0 Å². The molecule has 0 radical (unpaired) electrons. The van der Waals surface area contributed by atoms with Gasteiger partial charge in [-0.15, -0.1) is 0 Å². The molecule has 0 aromatic carbocycles. The first kappa shape index (κ1) is 6.17. The first-order chi connectivity index (χ1) is 3.31. The van der Waals surface area contributed by atoms with Gasteiger partial charge in [0.25, 0.3) is 0 Å². The average Bonchev–Trinajstić information content (AvgIpc) is 1.68. The normalized spacial score (nSPS) is 11.3. The monoisotopic (exact) mass is 99.1 g/mol. The Morgan fingerprint density at radius 1 is 1.86 bits per heavy atom. The smallest absolute Gasteiger partial charge is 0.0461 e. The zero-order chi connectivity index (χ0) is 5.70. The predicted molar refractivity (Wildman–Crippen MR) is 30.9 cm³/mol. The van der Waals surface area contributed by atoms with E-state index in [4.69, 9.17) is 11.5 Å². The van der Waals surface area contributed by atoms with Gasteiger partial charge in [0, 0.05) is 18.4 Å². The third-order valence-electron chi connectivity index (χ3n) is 0.493. The Bertz CT molecular complexity index is 84.9. The van der Waals surface area contributed by atoms with Crippen molar-refractivity contribution in [3.63, 3.8) is 0 Å². The van der Waals surface area contributed by atoms with Gasteiger partial charge in [0.15, 0.2) is 0 Å². The molecule has 40 valence electrons. The lowest BCUT2D eigenvalue weighted by Gasteiger charge is -1.87. The third kappa shape index (κ3) is 2.99. The highest BCUT2D eigenvalue weighted by molar-refractivity contribution is 5.26. The minimum Gasteiger partial charge on any atom is -0.400 e. The minimum atomic E-state index is 0.346. The largest absolute Gasteiger partial charge is 0.400 e. The molecule has 0 rings (SSSR count). The molecule has 0 spiro atoms. The van der Waals surface area contributed by atoms with Gasteiger partial charge in [-0.2, -0.15) is 0 Å². The van der Waals surface area contributed by atoms with Crippen molar-refractivity contribution >= 4 is 6.72 Å². The molecule has 3 nitrogen and oxygen atoms in total. The topological polar surface area (TPSA) is 64.4 Å². The summed E-state index contributed by atoms with van der Waals surface area (Å²) < 4.78 is 0. The molecule has 0 heterocycles. The summed E-state index contributed by atoms with van der Waals surface area (Å²) in [4.78, 5) is 3.39. The van der Waals surface area contributed by atoms with Crippen LogP contribution in [0.2, 0.25) is 0 Å². The number of hydrogen-bond donors (Lipinski definition) is 2. The number of nitrogens with zero attached hydrogens (tertiary/aromatic N) is 1. The lowest BCUT2D eigenvalue weighted by molar-refractivity contribution is 1.10. The Morgan fingerprint density at radius 2 is 2.43 bits per heavy atom. The van der Waals surface area contributed by atoms with Crippen LogP contribution in [-0.2, 0) is 0 Å². The quantitative estimate of drug-likeness (QED) is 0.456. The van der Waals surface area contributed by atoms with E-state index >= 15 is 0 Å². The maximum absolute atomic E-state index is 5.19. The Morgan fingerprint density at radius 3 is 2.57 bits per heavy atom. The molecule has 0 unspecified atom stereocenters. The van der Waals surface area contributed by atoms with Gasteiger partial charge in [-0.05, 0) is 6.72 Å². The first-order valence-electron chi connectivity index (χ1n) is 1.91. The van der Waals surface area contributed by atoms with E-state index in [1.165, 1.54) is 6.20 Å². The molecule has 0 aliphatic rings. The van der Waals surface area contributed by atoms with E-state index in [0.29, 0.717) is 12.2 Å². The zero-order valence-corrected chi connectivity index (χ0v) is 4.09. The maximum atomic E-state index is 5.19. The van der Waals surface area contributed by atoms with Gasteiger partial charge in [-0.3, -0.25) is 4.99 Å². The summed E-state index contributed by atoms with van der Waals surface area (Å²) in [6.45, 7) is 3.53. The van der Waals surface area contributed by atoms with Crippen LogP contribution in [0.15, 0.2) is 16.9 Å². The number of nitrogens with two attached hydrogens (primary N) is 2. The number of hydrogen-bond acceptors (Lipinski definition) is 3. The van der Waals surface area contributed by atoms with Crippen molar-refractivity contribution in [3.05, 3.63) is 11.9 Å². The number of rotatable bonds is 2. The van der Waals surface area contributed by atoms with Gasteiger partial charge in [0.2, 0.25) is 0 Å². The molecule has 0 fully saturated rings.